The Bertz CT molecular complexity index is 596. The quantitative estimate of drug-likeness (QED) is 0.281. The summed E-state index contributed by atoms with van der Waals surface area (Å²) in [4.78, 5) is 51.1. The molecule has 4 atom stereocenters. The molecule has 1 unspecified atom stereocenters. The van der Waals surface area contributed by atoms with E-state index in [-0.39, 0.29) is 37.1 Å². The van der Waals surface area contributed by atoms with E-state index in [1.165, 1.54) is 18.7 Å². The van der Waals surface area contributed by atoms with E-state index >= 15 is 0 Å². The first kappa shape index (κ1) is 25.0. The number of nitrogens with zero attached hydrogens (tertiary/aromatic N) is 1. The van der Waals surface area contributed by atoms with Crippen molar-refractivity contribution in [1.82, 2.24) is 20.9 Å². The Morgan fingerprint density at radius 1 is 1.21 bits per heavy atom. The molecule has 29 heavy (non-hydrogen) atoms. The van der Waals surface area contributed by atoms with Crippen molar-refractivity contribution >= 4 is 23.5 Å². The first-order valence-electron chi connectivity index (χ1n) is 10.1. The monoisotopic (exact) mass is 413 g/mol. The topological polar surface area (TPSA) is 154 Å². The van der Waals surface area contributed by atoms with Gasteiger partial charge in [-0.05, 0) is 32.7 Å². The molecule has 0 spiro atoms. The Kier molecular flexibility index (Phi) is 10.2. The maximum atomic E-state index is 12.8. The molecule has 0 radical (unpaired) electrons. The summed E-state index contributed by atoms with van der Waals surface area (Å²) >= 11 is 0. The summed E-state index contributed by atoms with van der Waals surface area (Å²) in [5, 5.41) is 18.2. The van der Waals surface area contributed by atoms with Crippen LogP contribution in [-0.2, 0) is 19.2 Å². The van der Waals surface area contributed by atoms with Crippen molar-refractivity contribution in [2.75, 3.05) is 26.2 Å². The van der Waals surface area contributed by atoms with Gasteiger partial charge in [-0.1, -0.05) is 13.8 Å². The molecule has 0 saturated carbocycles. The number of carbonyl (C=O) groups excluding carboxylic acids is 4. The lowest BCUT2D eigenvalue weighted by Crippen LogP contribution is -2.63. The molecule has 1 rings (SSSR count). The van der Waals surface area contributed by atoms with Gasteiger partial charge in [-0.25, -0.2) is 0 Å². The summed E-state index contributed by atoms with van der Waals surface area (Å²) in [6.07, 6.45) is -0.615. The molecule has 1 aliphatic heterocycles. The van der Waals surface area contributed by atoms with Gasteiger partial charge >= 0.3 is 0 Å². The Hall–Kier alpha value is -2.04. The van der Waals surface area contributed by atoms with Crippen molar-refractivity contribution in [3.8, 4) is 0 Å². The average molecular weight is 414 g/mol. The normalized spacial score (nSPS) is 20.0. The molecule has 6 N–H and O–H groups in total. The number of rotatable bonds is 10. The summed E-state index contributed by atoms with van der Waals surface area (Å²) in [5.41, 5.74) is 5.47. The second-order valence-corrected chi connectivity index (χ2v) is 7.88. The van der Waals surface area contributed by atoms with Crippen molar-refractivity contribution in [3.63, 3.8) is 0 Å². The van der Waals surface area contributed by atoms with Gasteiger partial charge in [0.05, 0.1) is 12.1 Å². The number of piperazine rings is 1. The second-order valence-electron chi connectivity index (χ2n) is 7.88. The molecule has 1 saturated heterocycles. The van der Waals surface area contributed by atoms with Gasteiger partial charge in [-0.15, -0.1) is 0 Å². The fourth-order valence-corrected chi connectivity index (χ4v) is 3.16. The zero-order valence-electron chi connectivity index (χ0n) is 17.7. The molecule has 0 aromatic carbocycles. The SMILES string of the molecule is CC(=O)[C@H](CCN)NC(=O)[C@@H](NC(=O)[C@@H]1CNCCN1C(=O)CC(C)C)C(C)O. The predicted octanol–water partition coefficient (Wildman–Crippen LogP) is -1.88. The van der Waals surface area contributed by atoms with Gasteiger partial charge in [0.2, 0.25) is 17.7 Å². The second kappa shape index (κ2) is 11.8. The number of hydrogen-bond donors (Lipinski definition) is 5. The van der Waals surface area contributed by atoms with Crippen molar-refractivity contribution in [3.05, 3.63) is 0 Å². The molecule has 10 heteroatoms. The highest BCUT2D eigenvalue weighted by atomic mass is 16.3. The van der Waals surface area contributed by atoms with E-state index in [2.05, 4.69) is 16.0 Å². The Labute approximate surface area is 171 Å². The van der Waals surface area contributed by atoms with Crippen LogP contribution in [-0.4, -0.2) is 83.9 Å². The summed E-state index contributed by atoms with van der Waals surface area (Å²) < 4.78 is 0. The highest BCUT2D eigenvalue weighted by Gasteiger charge is 2.36. The van der Waals surface area contributed by atoms with Crippen molar-refractivity contribution < 1.29 is 24.3 Å². The molecule has 0 aromatic heterocycles. The number of aliphatic hydroxyl groups is 1. The number of amides is 3. The minimum absolute atomic E-state index is 0.126. The van der Waals surface area contributed by atoms with Crippen molar-refractivity contribution in [2.24, 2.45) is 11.7 Å². The van der Waals surface area contributed by atoms with E-state index in [0.717, 1.165) is 0 Å². The minimum atomic E-state index is -1.26. The maximum Gasteiger partial charge on any atom is 0.245 e. The number of nitrogens with one attached hydrogen (secondary N) is 3. The van der Waals surface area contributed by atoms with Crippen LogP contribution in [0.15, 0.2) is 0 Å². The van der Waals surface area contributed by atoms with E-state index in [1.54, 1.807) is 0 Å². The minimum Gasteiger partial charge on any atom is -0.391 e. The molecular weight excluding hydrogens is 378 g/mol. The summed E-state index contributed by atoms with van der Waals surface area (Å²) in [6, 6.07) is -2.83. The van der Waals surface area contributed by atoms with Gasteiger partial charge in [0.25, 0.3) is 0 Å². The fraction of sp³-hybridized carbons (Fsp3) is 0.789. The first-order chi connectivity index (χ1) is 13.6. The molecule has 1 fully saturated rings. The van der Waals surface area contributed by atoms with E-state index in [4.69, 9.17) is 5.73 Å². The zero-order chi connectivity index (χ0) is 22.1. The molecule has 3 amide bonds. The van der Waals surface area contributed by atoms with Crippen LogP contribution < -0.4 is 21.7 Å². The van der Waals surface area contributed by atoms with Crippen LogP contribution >= 0.6 is 0 Å². The Morgan fingerprint density at radius 3 is 2.38 bits per heavy atom. The summed E-state index contributed by atoms with van der Waals surface area (Å²) in [7, 11) is 0. The van der Waals surface area contributed by atoms with Gasteiger partial charge in [0.1, 0.15) is 12.1 Å². The molecule has 0 aromatic rings. The Morgan fingerprint density at radius 2 is 1.86 bits per heavy atom. The standard InChI is InChI=1S/C19H35N5O5/c1-11(2)9-16(27)24-8-7-21-10-15(24)18(28)23-17(13(4)26)19(29)22-14(5-6-20)12(3)25/h11,13-15,17,21,26H,5-10,20H2,1-4H3,(H,22,29)(H,23,28)/t13?,14-,15-,17-/m0/s1. The van der Waals surface area contributed by atoms with E-state index in [0.29, 0.717) is 19.5 Å². The molecule has 0 aliphatic carbocycles. The van der Waals surface area contributed by atoms with Gasteiger partial charge in [0.15, 0.2) is 5.78 Å². The summed E-state index contributed by atoms with van der Waals surface area (Å²) in [5.74, 6) is -1.44. The number of carbonyl (C=O) groups is 4. The fourth-order valence-electron chi connectivity index (χ4n) is 3.16. The van der Waals surface area contributed by atoms with Gasteiger partial charge in [0, 0.05) is 26.1 Å². The van der Waals surface area contributed by atoms with Crippen LogP contribution in [0.1, 0.15) is 40.5 Å². The summed E-state index contributed by atoms with van der Waals surface area (Å²) in [6.45, 7) is 7.99. The molecule has 1 heterocycles. The van der Waals surface area contributed by atoms with Crippen molar-refractivity contribution in [1.29, 1.82) is 0 Å². The van der Waals surface area contributed by atoms with Gasteiger partial charge in [-0.2, -0.15) is 0 Å². The average Bonchev–Trinajstić information content (AvgIpc) is 2.64. The van der Waals surface area contributed by atoms with Crippen LogP contribution in [0.25, 0.3) is 0 Å². The maximum absolute atomic E-state index is 12.8. The van der Waals surface area contributed by atoms with E-state index in [1.807, 2.05) is 13.8 Å². The van der Waals surface area contributed by atoms with Crippen LogP contribution in [0.3, 0.4) is 0 Å². The third kappa shape index (κ3) is 7.71. The number of aliphatic hydroxyl groups excluding tert-OH is 1. The highest BCUT2D eigenvalue weighted by Crippen LogP contribution is 2.11. The lowest BCUT2D eigenvalue weighted by Gasteiger charge is -2.36. The van der Waals surface area contributed by atoms with Gasteiger partial charge < -0.3 is 31.7 Å². The van der Waals surface area contributed by atoms with Crippen LogP contribution in [0.2, 0.25) is 0 Å². The Balaban J connectivity index is 2.87. The van der Waals surface area contributed by atoms with E-state index in [9.17, 15) is 24.3 Å². The number of nitrogens with two attached hydrogens (primary N) is 1. The lowest BCUT2D eigenvalue weighted by atomic mass is 10.1. The highest BCUT2D eigenvalue weighted by molar-refractivity contribution is 5.94. The number of hydrogen-bond acceptors (Lipinski definition) is 7. The van der Waals surface area contributed by atoms with Crippen LogP contribution in [0.4, 0.5) is 0 Å². The van der Waals surface area contributed by atoms with Crippen LogP contribution in [0.5, 0.6) is 0 Å². The van der Waals surface area contributed by atoms with Crippen molar-refractivity contribution in [2.45, 2.75) is 64.8 Å². The molecule has 10 nitrogen and oxygen atoms in total. The molecule has 1 aliphatic rings. The van der Waals surface area contributed by atoms with E-state index < -0.39 is 36.0 Å². The zero-order valence-corrected chi connectivity index (χ0v) is 17.7. The number of ketones is 1. The number of Topliss-reactive ketones (excluding diaryl/α,β-unsaturated/α-hetero) is 1. The first-order valence-corrected chi connectivity index (χ1v) is 10.1. The molecule has 166 valence electrons. The van der Waals surface area contributed by atoms with Gasteiger partial charge in [-0.3, -0.25) is 19.2 Å². The smallest absolute Gasteiger partial charge is 0.245 e. The molecule has 0 bridgehead atoms. The predicted molar refractivity (Wildman–Crippen MR) is 108 cm³/mol. The lowest BCUT2D eigenvalue weighted by molar-refractivity contribution is -0.143. The van der Waals surface area contributed by atoms with Crippen LogP contribution in [0, 0.1) is 5.92 Å². The third-order valence-corrected chi connectivity index (χ3v) is 4.77. The largest absolute Gasteiger partial charge is 0.391 e. The third-order valence-electron chi connectivity index (χ3n) is 4.77. The molecular formula is C19H35N5O5.